The molecule has 0 radical (unpaired) electrons. The molecular weight excluding hydrogens is 264 g/mol. The third-order valence-electron chi connectivity index (χ3n) is 3.43. The topological polar surface area (TPSA) is 51.5 Å². The molecule has 5 nitrogen and oxygen atoms in total. The molecule has 1 atom stereocenters. The molecule has 3 rings (SSSR count). The fourth-order valence-electron chi connectivity index (χ4n) is 2.52. The molecule has 108 valence electrons. The van der Waals surface area contributed by atoms with E-state index in [-0.39, 0.29) is 6.04 Å². The Morgan fingerprint density at radius 3 is 3.00 bits per heavy atom. The van der Waals surface area contributed by atoms with Gasteiger partial charge in [-0.05, 0) is 37.7 Å². The smallest absolute Gasteiger partial charge is 0.137 e. The lowest BCUT2D eigenvalue weighted by atomic mass is 10.0. The molecule has 3 aromatic rings. The molecule has 0 bridgehead atoms. The number of aromatic nitrogens is 3. The molecule has 0 aromatic carbocycles. The van der Waals surface area contributed by atoms with Crippen molar-refractivity contribution in [1.29, 1.82) is 0 Å². The largest absolute Gasteiger partial charge is 0.492 e. The van der Waals surface area contributed by atoms with Crippen molar-refractivity contribution >= 4 is 5.52 Å². The third-order valence-corrected chi connectivity index (χ3v) is 3.43. The number of nitrogens with one attached hydrogen (secondary N) is 1. The minimum Gasteiger partial charge on any atom is -0.492 e. The van der Waals surface area contributed by atoms with Gasteiger partial charge in [0, 0.05) is 18.0 Å². The van der Waals surface area contributed by atoms with Gasteiger partial charge in [-0.1, -0.05) is 6.07 Å². The van der Waals surface area contributed by atoms with Crippen molar-refractivity contribution in [3.8, 4) is 5.75 Å². The molecule has 0 aliphatic carbocycles. The average Bonchev–Trinajstić information content (AvgIpc) is 2.93. The Morgan fingerprint density at radius 2 is 2.19 bits per heavy atom. The molecular formula is C16H18N4O. The highest BCUT2D eigenvalue weighted by Crippen LogP contribution is 2.27. The van der Waals surface area contributed by atoms with Crippen LogP contribution in [0.4, 0.5) is 0 Å². The molecule has 0 saturated carbocycles. The average molecular weight is 282 g/mol. The van der Waals surface area contributed by atoms with Gasteiger partial charge >= 0.3 is 0 Å². The molecule has 5 heteroatoms. The van der Waals surface area contributed by atoms with Crippen LogP contribution in [0.2, 0.25) is 0 Å². The van der Waals surface area contributed by atoms with Crippen LogP contribution in [0.25, 0.3) is 5.52 Å². The highest BCUT2D eigenvalue weighted by molar-refractivity contribution is 5.57. The fraction of sp³-hybridized carbons (Fsp3) is 0.250. The van der Waals surface area contributed by atoms with Crippen LogP contribution >= 0.6 is 0 Å². The maximum absolute atomic E-state index is 5.53. The highest BCUT2D eigenvalue weighted by atomic mass is 16.5. The summed E-state index contributed by atoms with van der Waals surface area (Å²) in [6, 6.07) is 8.09. The van der Waals surface area contributed by atoms with E-state index in [0.29, 0.717) is 6.61 Å². The van der Waals surface area contributed by atoms with Gasteiger partial charge in [0.1, 0.15) is 5.75 Å². The number of nitrogens with zero attached hydrogens (tertiary/aromatic N) is 3. The summed E-state index contributed by atoms with van der Waals surface area (Å²) in [5, 5.41) is 7.73. The van der Waals surface area contributed by atoms with Gasteiger partial charge in [0.15, 0.2) is 0 Å². The molecule has 1 unspecified atom stereocenters. The van der Waals surface area contributed by atoms with Crippen molar-refractivity contribution < 1.29 is 4.74 Å². The second-order valence-corrected chi connectivity index (χ2v) is 4.74. The van der Waals surface area contributed by atoms with Crippen molar-refractivity contribution in [2.75, 3.05) is 13.7 Å². The van der Waals surface area contributed by atoms with Crippen molar-refractivity contribution in [3.05, 3.63) is 60.2 Å². The number of rotatable bonds is 5. The zero-order chi connectivity index (χ0) is 14.7. The maximum atomic E-state index is 5.53. The lowest BCUT2D eigenvalue weighted by Crippen LogP contribution is -2.17. The highest BCUT2D eigenvalue weighted by Gasteiger charge is 2.17. The Bertz CT molecular complexity index is 738. The molecule has 1 N–H and O–H groups in total. The summed E-state index contributed by atoms with van der Waals surface area (Å²) in [7, 11) is 1.93. The zero-order valence-electron chi connectivity index (χ0n) is 12.2. The van der Waals surface area contributed by atoms with Gasteiger partial charge in [-0.3, -0.25) is 4.98 Å². The van der Waals surface area contributed by atoms with Gasteiger partial charge in [-0.15, -0.1) is 0 Å². The number of hydrogen-bond donors (Lipinski definition) is 1. The first-order chi connectivity index (χ1) is 10.3. The minimum absolute atomic E-state index is 0.0257. The van der Waals surface area contributed by atoms with Gasteiger partial charge in [-0.25, -0.2) is 4.52 Å². The van der Waals surface area contributed by atoms with Gasteiger partial charge in [0.25, 0.3) is 0 Å². The van der Waals surface area contributed by atoms with Gasteiger partial charge in [0.05, 0.1) is 30.6 Å². The van der Waals surface area contributed by atoms with E-state index in [4.69, 9.17) is 4.74 Å². The third kappa shape index (κ3) is 2.60. The lowest BCUT2D eigenvalue weighted by molar-refractivity contribution is 0.338. The predicted molar refractivity (Wildman–Crippen MR) is 81.5 cm³/mol. The number of hydrogen-bond acceptors (Lipinski definition) is 4. The molecule has 0 aliphatic heterocycles. The second kappa shape index (κ2) is 5.93. The summed E-state index contributed by atoms with van der Waals surface area (Å²) in [6.07, 6.45) is 7.43. The quantitative estimate of drug-likeness (QED) is 0.781. The monoisotopic (exact) mass is 282 g/mol. The van der Waals surface area contributed by atoms with Crippen molar-refractivity contribution in [2.24, 2.45) is 0 Å². The first-order valence-corrected chi connectivity index (χ1v) is 7.00. The molecule has 0 aliphatic rings. The van der Waals surface area contributed by atoms with Crippen molar-refractivity contribution in [3.63, 3.8) is 0 Å². The SMILES string of the molecule is CCOc1cncc(C(NC)c2cnn3ccccc23)c1. The van der Waals surface area contributed by atoms with Crippen LogP contribution in [0.1, 0.15) is 24.1 Å². The van der Waals surface area contributed by atoms with Gasteiger partial charge in [-0.2, -0.15) is 5.10 Å². The zero-order valence-corrected chi connectivity index (χ0v) is 12.2. The standard InChI is InChI=1S/C16H18N4O/c1-3-21-13-8-12(9-18-10-13)16(17-2)14-11-19-20-7-5-4-6-15(14)20/h4-11,16-17H,3H2,1-2H3. The number of fused-ring (bicyclic) bond motifs is 1. The molecule has 0 saturated heterocycles. The van der Waals surface area contributed by atoms with E-state index in [2.05, 4.69) is 21.5 Å². The van der Waals surface area contributed by atoms with Crippen LogP contribution in [0.3, 0.4) is 0 Å². The molecule has 21 heavy (non-hydrogen) atoms. The Labute approximate surface area is 123 Å². The van der Waals surface area contributed by atoms with E-state index in [1.807, 2.05) is 55.3 Å². The first kappa shape index (κ1) is 13.6. The summed E-state index contributed by atoms with van der Waals surface area (Å²) in [4.78, 5) is 4.27. The van der Waals surface area contributed by atoms with Crippen molar-refractivity contribution in [2.45, 2.75) is 13.0 Å². The van der Waals surface area contributed by atoms with E-state index >= 15 is 0 Å². The van der Waals surface area contributed by atoms with Crippen LogP contribution < -0.4 is 10.1 Å². The summed E-state index contributed by atoms with van der Waals surface area (Å²) in [5.74, 6) is 0.784. The van der Waals surface area contributed by atoms with E-state index in [1.54, 1.807) is 6.20 Å². The Morgan fingerprint density at radius 1 is 1.29 bits per heavy atom. The summed E-state index contributed by atoms with van der Waals surface area (Å²) in [5.41, 5.74) is 3.26. The Kier molecular flexibility index (Phi) is 3.83. The number of pyridine rings is 2. The van der Waals surface area contributed by atoms with Crippen LogP contribution in [0.5, 0.6) is 5.75 Å². The van der Waals surface area contributed by atoms with Gasteiger partial charge in [0.2, 0.25) is 0 Å². The summed E-state index contributed by atoms with van der Waals surface area (Å²) >= 11 is 0. The molecule has 3 heterocycles. The fourth-order valence-corrected chi connectivity index (χ4v) is 2.52. The van der Waals surface area contributed by atoms with Crippen LogP contribution in [0.15, 0.2) is 49.1 Å². The molecule has 0 amide bonds. The Hall–Kier alpha value is -2.40. The molecule has 3 aromatic heterocycles. The predicted octanol–water partition coefficient (Wildman–Crippen LogP) is 2.44. The minimum atomic E-state index is 0.0257. The second-order valence-electron chi connectivity index (χ2n) is 4.74. The van der Waals surface area contributed by atoms with E-state index in [9.17, 15) is 0 Å². The normalized spacial score (nSPS) is 12.5. The first-order valence-electron chi connectivity index (χ1n) is 7.00. The summed E-state index contributed by atoms with van der Waals surface area (Å²) < 4.78 is 7.41. The van der Waals surface area contributed by atoms with E-state index in [1.165, 1.54) is 0 Å². The maximum Gasteiger partial charge on any atom is 0.137 e. The summed E-state index contributed by atoms with van der Waals surface area (Å²) in [6.45, 7) is 2.60. The van der Waals surface area contributed by atoms with E-state index < -0.39 is 0 Å². The number of ether oxygens (including phenoxy) is 1. The molecule has 0 fully saturated rings. The Balaban J connectivity index is 2.03. The molecule has 0 spiro atoms. The van der Waals surface area contributed by atoms with Crippen LogP contribution in [0, 0.1) is 0 Å². The van der Waals surface area contributed by atoms with Crippen LogP contribution in [-0.2, 0) is 0 Å². The van der Waals surface area contributed by atoms with Crippen LogP contribution in [-0.4, -0.2) is 28.3 Å². The lowest BCUT2D eigenvalue weighted by Gasteiger charge is -2.16. The van der Waals surface area contributed by atoms with E-state index in [0.717, 1.165) is 22.4 Å². The van der Waals surface area contributed by atoms with Gasteiger partial charge < -0.3 is 10.1 Å². The van der Waals surface area contributed by atoms with Crippen molar-refractivity contribution in [1.82, 2.24) is 19.9 Å².